The quantitative estimate of drug-likeness (QED) is 0.806. The molecule has 0 aliphatic carbocycles. The SMILES string of the molecule is COc1cc(C)c(CCNC(=O)CCCl)cc1C. The van der Waals surface area contributed by atoms with Gasteiger partial charge in [0.2, 0.25) is 5.91 Å². The number of methoxy groups -OCH3 is 1. The zero-order chi connectivity index (χ0) is 13.5. The van der Waals surface area contributed by atoms with E-state index in [9.17, 15) is 4.79 Å². The largest absolute Gasteiger partial charge is 0.496 e. The van der Waals surface area contributed by atoms with Crippen molar-refractivity contribution in [3.8, 4) is 5.75 Å². The minimum atomic E-state index is 0.00730. The molecule has 100 valence electrons. The van der Waals surface area contributed by atoms with Crippen molar-refractivity contribution in [2.45, 2.75) is 26.7 Å². The number of hydrogen-bond donors (Lipinski definition) is 1. The fourth-order valence-corrected chi connectivity index (χ4v) is 2.02. The number of halogens is 1. The molecule has 3 nitrogen and oxygen atoms in total. The highest BCUT2D eigenvalue weighted by Gasteiger charge is 2.05. The van der Waals surface area contributed by atoms with Gasteiger partial charge in [-0.2, -0.15) is 0 Å². The second kappa shape index (κ2) is 7.27. The zero-order valence-corrected chi connectivity index (χ0v) is 11.9. The molecule has 1 aromatic carbocycles. The van der Waals surface area contributed by atoms with Gasteiger partial charge in [0.25, 0.3) is 0 Å². The lowest BCUT2D eigenvalue weighted by atomic mass is 10.0. The van der Waals surface area contributed by atoms with Gasteiger partial charge in [0, 0.05) is 18.8 Å². The van der Waals surface area contributed by atoms with E-state index in [0.29, 0.717) is 18.8 Å². The molecule has 1 amide bonds. The Hall–Kier alpha value is -1.22. The molecule has 1 N–H and O–H groups in total. The Morgan fingerprint density at radius 3 is 2.67 bits per heavy atom. The van der Waals surface area contributed by atoms with E-state index in [1.54, 1.807) is 7.11 Å². The smallest absolute Gasteiger partial charge is 0.221 e. The van der Waals surface area contributed by atoms with Crippen LogP contribution in [0.1, 0.15) is 23.1 Å². The molecule has 0 spiro atoms. The minimum Gasteiger partial charge on any atom is -0.496 e. The first-order valence-electron chi connectivity index (χ1n) is 6.05. The van der Waals surface area contributed by atoms with Crippen LogP contribution in [0.25, 0.3) is 0 Å². The zero-order valence-electron chi connectivity index (χ0n) is 11.2. The van der Waals surface area contributed by atoms with Crippen LogP contribution in [-0.2, 0) is 11.2 Å². The second-order valence-electron chi connectivity index (χ2n) is 4.29. The van der Waals surface area contributed by atoms with Crippen LogP contribution in [-0.4, -0.2) is 25.4 Å². The van der Waals surface area contributed by atoms with Crippen LogP contribution in [0.15, 0.2) is 12.1 Å². The van der Waals surface area contributed by atoms with Gasteiger partial charge in [0.15, 0.2) is 0 Å². The summed E-state index contributed by atoms with van der Waals surface area (Å²) in [6.45, 7) is 4.72. The number of hydrogen-bond acceptors (Lipinski definition) is 2. The highest BCUT2D eigenvalue weighted by atomic mass is 35.5. The Balaban J connectivity index is 2.57. The van der Waals surface area contributed by atoms with Crippen molar-refractivity contribution in [2.75, 3.05) is 19.5 Å². The standard InChI is InChI=1S/C14H20ClNO2/c1-10-9-13(18-3)11(2)8-12(10)5-7-16-14(17)4-6-15/h8-9H,4-7H2,1-3H3,(H,16,17). The van der Waals surface area contributed by atoms with E-state index < -0.39 is 0 Å². The summed E-state index contributed by atoms with van der Waals surface area (Å²) in [7, 11) is 1.67. The van der Waals surface area contributed by atoms with Crippen molar-refractivity contribution in [1.82, 2.24) is 5.32 Å². The van der Waals surface area contributed by atoms with Gasteiger partial charge in [-0.3, -0.25) is 4.79 Å². The highest BCUT2D eigenvalue weighted by molar-refractivity contribution is 6.18. The van der Waals surface area contributed by atoms with Gasteiger partial charge in [-0.1, -0.05) is 6.07 Å². The van der Waals surface area contributed by atoms with Crippen LogP contribution in [0.5, 0.6) is 5.75 Å². The van der Waals surface area contributed by atoms with Gasteiger partial charge >= 0.3 is 0 Å². The van der Waals surface area contributed by atoms with Crippen molar-refractivity contribution >= 4 is 17.5 Å². The van der Waals surface area contributed by atoms with E-state index in [1.165, 1.54) is 11.1 Å². The van der Waals surface area contributed by atoms with Gasteiger partial charge in [-0.15, -0.1) is 11.6 Å². The maximum absolute atomic E-state index is 11.3. The van der Waals surface area contributed by atoms with Gasteiger partial charge in [-0.05, 0) is 43.0 Å². The summed E-state index contributed by atoms with van der Waals surface area (Å²) in [6.07, 6.45) is 1.20. The van der Waals surface area contributed by atoms with Crippen molar-refractivity contribution in [1.29, 1.82) is 0 Å². The molecule has 0 saturated heterocycles. The lowest BCUT2D eigenvalue weighted by Gasteiger charge is -2.11. The Morgan fingerprint density at radius 2 is 2.06 bits per heavy atom. The summed E-state index contributed by atoms with van der Waals surface area (Å²) in [5.74, 6) is 1.28. The Morgan fingerprint density at radius 1 is 1.33 bits per heavy atom. The molecule has 1 aromatic rings. The van der Waals surface area contributed by atoms with E-state index in [4.69, 9.17) is 16.3 Å². The fraction of sp³-hybridized carbons (Fsp3) is 0.500. The molecule has 0 fully saturated rings. The lowest BCUT2D eigenvalue weighted by molar-refractivity contribution is -0.120. The number of aryl methyl sites for hydroxylation is 2. The number of alkyl halides is 1. The number of ether oxygens (including phenoxy) is 1. The predicted octanol–water partition coefficient (Wildman–Crippen LogP) is 2.60. The maximum atomic E-state index is 11.3. The van der Waals surface area contributed by atoms with E-state index >= 15 is 0 Å². The van der Waals surface area contributed by atoms with Gasteiger partial charge < -0.3 is 10.1 Å². The first kappa shape index (κ1) is 14.8. The number of nitrogens with one attached hydrogen (secondary N) is 1. The fourth-order valence-electron chi connectivity index (χ4n) is 1.85. The summed E-state index contributed by atoms with van der Waals surface area (Å²) in [6, 6.07) is 4.15. The van der Waals surface area contributed by atoms with Gasteiger partial charge in [0.05, 0.1) is 7.11 Å². The van der Waals surface area contributed by atoms with Crippen LogP contribution < -0.4 is 10.1 Å². The molecule has 18 heavy (non-hydrogen) atoms. The normalized spacial score (nSPS) is 10.2. The van der Waals surface area contributed by atoms with Crippen molar-refractivity contribution in [3.05, 3.63) is 28.8 Å². The molecule has 0 aliphatic rings. The van der Waals surface area contributed by atoms with Crippen LogP contribution in [0, 0.1) is 13.8 Å². The summed E-state index contributed by atoms with van der Waals surface area (Å²) in [4.78, 5) is 11.3. The highest BCUT2D eigenvalue weighted by Crippen LogP contribution is 2.22. The average Bonchev–Trinajstić information content (AvgIpc) is 2.33. The Bertz CT molecular complexity index is 419. The molecule has 0 saturated carbocycles. The van der Waals surface area contributed by atoms with Crippen LogP contribution >= 0.6 is 11.6 Å². The number of carbonyl (C=O) groups is 1. The second-order valence-corrected chi connectivity index (χ2v) is 4.67. The first-order chi connectivity index (χ1) is 8.58. The van der Waals surface area contributed by atoms with Crippen molar-refractivity contribution in [2.24, 2.45) is 0 Å². The molecular formula is C14H20ClNO2. The maximum Gasteiger partial charge on any atom is 0.221 e. The van der Waals surface area contributed by atoms with E-state index in [1.807, 2.05) is 13.0 Å². The molecular weight excluding hydrogens is 250 g/mol. The lowest BCUT2D eigenvalue weighted by Crippen LogP contribution is -2.25. The summed E-state index contributed by atoms with van der Waals surface area (Å²) < 4.78 is 5.27. The third-order valence-corrected chi connectivity index (χ3v) is 3.08. The monoisotopic (exact) mass is 269 g/mol. The van der Waals surface area contributed by atoms with Crippen LogP contribution in [0.4, 0.5) is 0 Å². The molecule has 4 heteroatoms. The van der Waals surface area contributed by atoms with E-state index in [0.717, 1.165) is 17.7 Å². The summed E-state index contributed by atoms with van der Waals surface area (Å²) in [5.41, 5.74) is 3.54. The minimum absolute atomic E-state index is 0.00730. The number of rotatable bonds is 6. The molecule has 0 radical (unpaired) electrons. The molecule has 1 rings (SSSR count). The molecule has 0 aliphatic heterocycles. The molecule has 0 unspecified atom stereocenters. The molecule has 0 heterocycles. The Kier molecular flexibility index (Phi) is 5.99. The topological polar surface area (TPSA) is 38.3 Å². The van der Waals surface area contributed by atoms with Gasteiger partial charge in [0.1, 0.15) is 5.75 Å². The number of benzene rings is 1. The van der Waals surface area contributed by atoms with Crippen LogP contribution in [0.3, 0.4) is 0 Å². The first-order valence-corrected chi connectivity index (χ1v) is 6.58. The van der Waals surface area contributed by atoms with Crippen molar-refractivity contribution in [3.63, 3.8) is 0 Å². The van der Waals surface area contributed by atoms with E-state index in [2.05, 4.69) is 18.3 Å². The van der Waals surface area contributed by atoms with Crippen molar-refractivity contribution < 1.29 is 9.53 Å². The summed E-state index contributed by atoms with van der Waals surface area (Å²) >= 11 is 5.50. The third-order valence-electron chi connectivity index (χ3n) is 2.89. The molecule has 0 bridgehead atoms. The van der Waals surface area contributed by atoms with Gasteiger partial charge in [-0.25, -0.2) is 0 Å². The Labute approximate surface area is 113 Å². The predicted molar refractivity (Wildman–Crippen MR) is 74.5 cm³/mol. The number of amides is 1. The third kappa shape index (κ3) is 4.22. The summed E-state index contributed by atoms with van der Waals surface area (Å²) in [5, 5.41) is 2.85. The molecule has 0 atom stereocenters. The van der Waals surface area contributed by atoms with Crippen LogP contribution in [0.2, 0.25) is 0 Å². The number of carbonyl (C=O) groups excluding carboxylic acids is 1. The van der Waals surface area contributed by atoms with E-state index in [-0.39, 0.29) is 5.91 Å². The average molecular weight is 270 g/mol. The molecule has 0 aromatic heterocycles.